The second-order valence-electron chi connectivity index (χ2n) is 4.74. The Hall–Kier alpha value is -1.91. The predicted molar refractivity (Wildman–Crippen MR) is 90.3 cm³/mol. The lowest BCUT2D eigenvalue weighted by atomic mass is 10.1. The smallest absolute Gasteiger partial charge is 0.160 e. The van der Waals surface area contributed by atoms with Gasteiger partial charge in [0.25, 0.3) is 0 Å². The highest BCUT2D eigenvalue weighted by Gasteiger charge is 2.04. The van der Waals surface area contributed by atoms with Crippen molar-refractivity contribution in [2.24, 2.45) is 0 Å². The van der Waals surface area contributed by atoms with Crippen LogP contribution in [0.2, 0.25) is 0 Å². The normalized spacial score (nSPS) is 9.91. The summed E-state index contributed by atoms with van der Waals surface area (Å²) in [5.74, 6) is 1.82. The van der Waals surface area contributed by atoms with Crippen LogP contribution >= 0.6 is 12.4 Å². The lowest BCUT2D eigenvalue weighted by Gasteiger charge is -2.10. The largest absolute Gasteiger partial charge is 0.508 e. The van der Waals surface area contributed by atoms with Gasteiger partial charge in [-0.15, -0.1) is 12.4 Å². The molecule has 4 nitrogen and oxygen atoms in total. The summed E-state index contributed by atoms with van der Waals surface area (Å²) in [5, 5.41) is 13.0. The summed E-state index contributed by atoms with van der Waals surface area (Å²) in [5.41, 5.74) is 2.09. The van der Waals surface area contributed by atoms with Crippen molar-refractivity contribution < 1.29 is 14.6 Å². The van der Waals surface area contributed by atoms with E-state index in [-0.39, 0.29) is 12.4 Å². The van der Waals surface area contributed by atoms with Crippen LogP contribution in [0.3, 0.4) is 0 Å². The minimum absolute atomic E-state index is 0. The number of aromatic hydroxyl groups is 1. The number of methoxy groups -OCH3 is 2. The number of benzene rings is 2. The van der Waals surface area contributed by atoms with E-state index in [1.807, 2.05) is 36.4 Å². The number of phenolic OH excluding ortho intramolecular Hbond substituents is 1. The maximum Gasteiger partial charge on any atom is 0.160 e. The monoisotopic (exact) mass is 323 g/mol. The highest BCUT2D eigenvalue weighted by molar-refractivity contribution is 5.85. The second kappa shape index (κ2) is 9.18. The third-order valence-electron chi connectivity index (χ3n) is 3.35. The van der Waals surface area contributed by atoms with E-state index in [0.717, 1.165) is 30.0 Å². The quantitative estimate of drug-likeness (QED) is 0.768. The average molecular weight is 324 g/mol. The van der Waals surface area contributed by atoms with E-state index < -0.39 is 0 Å². The van der Waals surface area contributed by atoms with Gasteiger partial charge in [-0.1, -0.05) is 24.3 Å². The first-order valence-electron chi connectivity index (χ1n) is 6.93. The summed E-state index contributed by atoms with van der Waals surface area (Å²) >= 11 is 0. The molecule has 0 aliphatic rings. The van der Waals surface area contributed by atoms with Crippen molar-refractivity contribution in [3.8, 4) is 17.2 Å². The Labute approximate surface area is 137 Å². The van der Waals surface area contributed by atoms with Gasteiger partial charge in [-0.25, -0.2) is 0 Å². The number of rotatable bonds is 7. The standard InChI is InChI=1S/C17H21NO3.ClH/c1-20-16-8-7-13(11-17(16)21-2)9-10-18-12-14-5-3-4-6-15(14)19;/h3-8,11,18-19H,9-10,12H2,1-2H3;1H. The van der Waals surface area contributed by atoms with Crippen LogP contribution in [0.15, 0.2) is 42.5 Å². The van der Waals surface area contributed by atoms with Gasteiger partial charge < -0.3 is 19.9 Å². The fourth-order valence-electron chi connectivity index (χ4n) is 2.15. The minimum atomic E-state index is 0. The summed E-state index contributed by atoms with van der Waals surface area (Å²) in [4.78, 5) is 0. The summed E-state index contributed by atoms with van der Waals surface area (Å²) < 4.78 is 10.5. The van der Waals surface area contributed by atoms with Crippen LogP contribution in [0.5, 0.6) is 17.2 Å². The molecule has 0 atom stereocenters. The van der Waals surface area contributed by atoms with Crippen molar-refractivity contribution in [3.05, 3.63) is 53.6 Å². The summed E-state index contributed by atoms with van der Waals surface area (Å²) in [6, 6.07) is 13.3. The van der Waals surface area contributed by atoms with Crippen molar-refractivity contribution in [3.63, 3.8) is 0 Å². The SMILES string of the molecule is COc1ccc(CCNCc2ccccc2O)cc1OC.Cl. The highest BCUT2D eigenvalue weighted by Crippen LogP contribution is 2.27. The van der Waals surface area contributed by atoms with E-state index in [1.165, 1.54) is 5.56 Å². The van der Waals surface area contributed by atoms with Gasteiger partial charge in [0.05, 0.1) is 14.2 Å². The second-order valence-corrected chi connectivity index (χ2v) is 4.74. The van der Waals surface area contributed by atoms with Gasteiger partial charge in [-0.2, -0.15) is 0 Å². The Balaban J connectivity index is 0.00000242. The summed E-state index contributed by atoms with van der Waals surface area (Å²) in [7, 11) is 3.27. The lowest BCUT2D eigenvalue weighted by Crippen LogP contribution is -2.16. The Morgan fingerprint density at radius 3 is 2.41 bits per heavy atom. The van der Waals surface area contributed by atoms with Crippen molar-refractivity contribution in [1.29, 1.82) is 0 Å². The van der Waals surface area contributed by atoms with E-state index in [0.29, 0.717) is 12.3 Å². The molecule has 5 heteroatoms. The van der Waals surface area contributed by atoms with Gasteiger partial charge in [-0.3, -0.25) is 0 Å². The molecule has 2 aromatic rings. The fraction of sp³-hybridized carbons (Fsp3) is 0.294. The predicted octanol–water partition coefficient (Wildman–Crippen LogP) is 3.16. The zero-order valence-electron chi connectivity index (χ0n) is 12.8. The van der Waals surface area contributed by atoms with E-state index >= 15 is 0 Å². The van der Waals surface area contributed by atoms with E-state index in [9.17, 15) is 5.11 Å². The maximum atomic E-state index is 9.68. The molecule has 0 fully saturated rings. The molecule has 0 aliphatic carbocycles. The van der Waals surface area contributed by atoms with E-state index in [1.54, 1.807) is 20.3 Å². The zero-order chi connectivity index (χ0) is 15.1. The molecule has 0 aromatic heterocycles. The first kappa shape index (κ1) is 18.1. The van der Waals surface area contributed by atoms with Crippen LogP contribution < -0.4 is 14.8 Å². The fourth-order valence-corrected chi connectivity index (χ4v) is 2.15. The molecule has 2 aromatic carbocycles. The van der Waals surface area contributed by atoms with Crippen molar-refractivity contribution >= 4 is 12.4 Å². The topological polar surface area (TPSA) is 50.7 Å². The molecule has 120 valence electrons. The van der Waals surface area contributed by atoms with Gasteiger partial charge >= 0.3 is 0 Å². The van der Waals surface area contributed by atoms with Crippen molar-refractivity contribution in [2.75, 3.05) is 20.8 Å². The third kappa shape index (κ3) is 4.83. The maximum absolute atomic E-state index is 9.68. The summed E-state index contributed by atoms with van der Waals surface area (Å²) in [6.07, 6.45) is 0.883. The van der Waals surface area contributed by atoms with E-state index in [2.05, 4.69) is 5.32 Å². The molecule has 0 radical (unpaired) electrons. The third-order valence-corrected chi connectivity index (χ3v) is 3.35. The molecular weight excluding hydrogens is 302 g/mol. The molecule has 2 rings (SSSR count). The minimum Gasteiger partial charge on any atom is -0.508 e. The number of halogens is 1. The van der Waals surface area contributed by atoms with Crippen LogP contribution in [-0.2, 0) is 13.0 Å². The molecule has 2 N–H and O–H groups in total. The van der Waals surface area contributed by atoms with Crippen LogP contribution in [-0.4, -0.2) is 25.9 Å². The summed E-state index contributed by atoms with van der Waals surface area (Å²) in [6.45, 7) is 1.48. The number of phenols is 1. The average Bonchev–Trinajstić information content (AvgIpc) is 2.52. The number of para-hydroxylation sites is 1. The molecule has 22 heavy (non-hydrogen) atoms. The highest BCUT2D eigenvalue weighted by atomic mass is 35.5. The van der Waals surface area contributed by atoms with Gasteiger partial charge in [0, 0.05) is 12.1 Å². The number of hydrogen-bond acceptors (Lipinski definition) is 4. The Morgan fingerprint density at radius 2 is 1.73 bits per heavy atom. The van der Waals surface area contributed by atoms with Crippen molar-refractivity contribution in [1.82, 2.24) is 5.32 Å². The van der Waals surface area contributed by atoms with Gasteiger partial charge in [0.2, 0.25) is 0 Å². The zero-order valence-corrected chi connectivity index (χ0v) is 13.7. The van der Waals surface area contributed by atoms with Crippen LogP contribution in [0.4, 0.5) is 0 Å². The molecule has 0 spiro atoms. The van der Waals surface area contributed by atoms with Gasteiger partial charge in [-0.05, 0) is 36.7 Å². The Kier molecular flexibility index (Phi) is 7.57. The Bertz CT molecular complexity index is 590. The van der Waals surface area contributed by atoms with Crippen LogP contribution in [0, 0.1) is 0 Å². The first-order chi connectivity index (χ1) is 10.2. The molecule has 0 unspecified atom stereocenters. The molecule has 0 saturated carbocycles. The lowest BCUT2D eigenvalue weighted by molar-refractivity contribution is 0.354. The molecule has 0 amide bonds. The first-order valence-corrected chi connectivity index (χ1v) is 6.93. The molecule has 0 saturated heterocycles. The molecule has 0 aliphatic heterocycles. The van der Waals surface area contributed by atoms with Gasteiger partial charge in [0.1, 0.15) is 5.75 Å². The molecular formula is C17H22ClNO3. The number of hydrogen-bond donors (Lipinski definition) is 2. The number of ether oxygens (including phenoxy) is 2. The van der Waals surface area contributed by atoms with Gasteiger partial charge in [0.15, 0.2) is 11.5 Å². The molecule has 0 bridgehead atoms. The van der Waals surface area contributed by atoms with Crippen LogP contribution in [0.1, 0.15) is 11.1 Å². The Morgan fingerprint density at radius 1 is 1.00 bits per heavy atom. The van der Waals surface area contributed by atoms with E-state index in [4.69, 9.17) is 9.47 Å². The van der Waals surface area contributed by atoms with Crippen molar-refractivity contribution in [2.45, 2.75) is 13.0 Å². The molecule has 0 heterocycles. The van der Waals surface area contributed by atoms with Crippen LogP contribution in [0.25, 0.3) is 0 Å². The number of nitrogens with one attached hydrogen (secondary N) is 1.